The van der Waals surface area contributed by atoms with Crippen molar-refractivity contribution >= 4 is 29.0 Å². The molecule has 0 unspecified atom stereocenters. The molecule has 2 aromatic carbocycles. The third kappa shape index (κ3) is 4.26. The number of hydrogen-bond acceptors (Lipinski definition) is 2. The maximum atomic E-state index is 12.5. The zero-order chi connectivity index (χ0) is 18.0. The van der Waals surface area contributed by atoms with Crippen molar-refractivity contribution in [1.82, 2.24) is 4.90 Å². The summed E-state index contributed by atoms with van der Waals surface area (Å²) in [6, 6.07) is 12.0. The molecule has 4 nitrogen and oxygen atoms in total. The van der Waals surface area contributed by atoms with Gasteiger partial charge in [0.25, 0.3) is 0 Å². The number of urea groups is 1. The molecule has 1 saturated heterocycles. The van der Waals surface area contributed by atoms with E-state index < -0.39 is 0 Å². The monoisotopic (exact) mass is 357 g/mol. The van der Waals surface area contributed by atoms with Crippen LogP contribution in [0.2, 0.25) is 5.02 Å². The number of carbonyl (C=O) groups excluding carboxylic acids is 1. The Balaban J connectivity index is 1.60. The van der Waals surface area contributed by atoms with Crippen molar-refractivity contribution in [2.75, 3.05) is 36.4 Å². The second-order valence-electron chi connectivity index (χ2n) is 6.71. The van der Waals surface area contributed by atoms with Crippen molar-refractivity contribution in [3.8, 4) is 0 Å². The van der Waals surface area contributed by atoms with Crippen LogP contribution in [0, 0.1) is 20.8 Å². The van der Waals surface area contributed by atoms with E-state index in [2.05, 4.69) is 42.3 Å². The summed E-state index contributed by atoms with van der Waals surface area (Å²) in [6.07, 6.45) is 0. The van der Waals surface area contributed by atoms with E-state index in [9.17, 15) is 4.79 Å². The summed E-state index contributed by atoms with van der Waals surface area (Å²) in [5.41, 5.74) is 5.56. The molecule has 2 aromatic rings. The van der Waals surface area contributed by atoms with Crippen LogP contribution < -0.4 is 10.2 Å². The van der Waals surface area contributed by atoms with Gasteiger partial charge in [-0.15, -0.1) is 0 Å². The maximum Gasteiger partial charge on any atom is 0.321 e. The number of anilines is 2. The van der Waals surface area contributed by atoms with Crippen molar-refractivity contribution in [3.05, 3.63) is 58.1 Å². The lowest BCUT2D eigenvalue weighted by Gasteiger charge is -2.36. The van der Waals surface area contributed by atoms with Gasteiger partial charge in [0, 0.05) is 42.6 Å². The first-order chi connectivity index (χ1) is 11.9. The molecule has 132 valence electrons. The average Bonchev–Trinajstić information content (AvgIpc) is 2.56. The lowest BCUT2D eigenvalue weighted by Crippen LogP contribution is -2.50. The number of aryl methyl sites for hydroxylation is 3. The highest BCUT2D eigenvalue weighted by Crippen LogP contribution is 2.22. The second kappa shape index (κ2) is 7.36. The van der Waals surface area contributed by atoms with Crippen LogP contribution in [0.1, 0.15) is 16.7 Å². The number of hydrogen-bond donors (Lipinski definition) is 1. The average molecular weight is 358 g/mol. The molecule has 1 N–H and O–H groups in total. The van der Waals surface area contributed by atoms with Crippen molar-refractivity contribution in [1.29, 1.82) is 0 Å². The number of piperazine rings is 1. The zero-order valence-electron chi connectivity index (χ0n) is 15.0. The first-order valence-electron chi connectivity index (χ1n) is 8.58. The molecule has 1 aliphatic heterocycles. The summed E-state index contributed by atoms with van der Waals surface area (Å²) in [6.45, 7) is 9.30. The number of rotatable bonds is 2. The van der Waals surface area contributed by atoms with Crippen LogP contribution in [0.5, 0.6) is 0 Å². The van der Waals surface area contributed by atoms with Gasteiger partial charge in [-0.3, -0.25) is 0 Å². The van der Waals surface area contributed by atoms with Gasteiger partial charge in [-0.2, -0.15) is 0 Å². The predicted molar refractivity (Wildman–Crippen MR) is 105 cm³/mol. The molecule has 0 bridgehead atoms. The fourth-order valence-electron chi connectivity index (χ4n) is 3.26. The summed E-state index contributed by atoms with van der Waals surface area (Å²) < 4.78 is 0. The molecule has 0 aliphatic carbocycles. The first kappa shape index (κ1) is 17.6. The zero-order valence-corrected chi connectivity index (χ0v) is 15.7. The van der Waals surface area contributed by atoms with Gasteiger partial charge in [0.15, 0.2) is 0 Å². The number of nitrogens with one attached hydrogen (secondary N) is 1. The Labute approximate surface area is 154 Å². The molecule has 1 heterocycles. The van der Waals surface area contributed by atoms with Crippen molar-refractivity contribution < 1.29 is 4.79 Å². The molecule has 0 atom stereocenters. The lowest BCUT2D eigenvalue weighted by molar-refractivity contribution is 0.208. The maximum absolute atomic E-state index is 12.5. The van der Waals surface area contributed by atoms with Gasteiger partial charge in [-0.25, -0.2) is 4.79 Å². The quantitative estimate of drug-likeness (QED) is 0.851. The van der Waals surface area contributed by atoms with Crippen molar-refractivity contribution in [2.45, 2.75) is 20.8 Å². The van der Waals surface area contributed by atoms with Crippen LogP contribution in [0.4, 0.5) is 16.2 Å². The number of nitrogens with zero attached hydrogens (tertiary/aromatic N) is 2. The highest BCUT2D eigenvalue weighted by atomic mass is 35.5. The van der Waals surface area contributed by atoms with Gasteiger partial charge < -0.3 is 15.1 Å². The SMILES string of the molecule is Cc1cc(C)cc(N2CCN(C(=O)Nc3ccc(Cl)cc3C)CC2)c1. The van der Waals surface area contributed by atoms with Crippen molar-refractivity contribution in [2.24, 2.45) is 0 Å². The Morgan fingerprint density at radius 2 is 1.60 bits per heavy atom. The molecule has 5 heteroatoms. The van der Waals surface area contributed by atoms with E-state index in [-0.39, 0.29) is 6.03 Å². The van der Waals surface area contributed by atoms with Gasteiger partial charge in [-0.1, -0.05) is 17.7 Å². The van der Waals surface area contributed by atoms with Crippen LogP contribution in [0.3, 0.4) is 0 Å². The minimum Gasteiger partial charge on any atom is -0.368 e. The molecular weight excluding hydrogens is 334 g/mol. The normalized spacial score (nSPS) is 14.6. The topological polar surface area (TPSA) is 35.6 Å². The van der Waals surface area contributed by atoms with Crippen LogP contribution >= 0.6 is 11.6 Å². The third-order valence-corrected chi connectivity index (χ3v) is 4.80. The Morgan fingerprint density at radius 1 is 0.960 bits per heavy atom. The van der Waals surface area contributed by atoms with Crippen LogP contribution in [-0.4, -0.2) is 37.1 Å². The number of amides is 2. The first-order valence-corrected chi connectivity index (χ1v) is 8.95. The van der Waals surface area contributed by atoms with Gasteiger partial charge in [0.1, 0.15) is 0 Å². The molecular formula is C20H24ClN3O. The molecule has 3 rings (SSSR count). The molecule has 1 fully saturated rings. The summed E-state index contributed by atoms with van der Waals surface area (Å²) in [4.78, 5) is 16.7. The van der Waals surface area contributed by atoms with E-state index in [1.54, 1.807) is 6.07 Å². The smallest absolute Gasteiger partial charge is 0.321 e. The molecule has 0 aromatic heterocycles. The fourth-order valence-corrected chi connectivity index (χ4v) is 3.49. The minimum absolute atomic E-state index is 0.0505. The second-order valence-corrected chi connectivity index (χ2v) is 7.15. The molecule has 25 heavy (non-hydrogen) atoms. The van der Waals surface area contributed by atoms with Crippen LogP contribution in [-0.2, 0) is 0 Å². The van der Waals surface area contributed by atoms with E-state index >= 15 is 0 Å². The minimum atomic E-state index is -0.0505. The fraction of sp³-hybridized carbons (Fsp3) is 0.350. The summed E-state index contributed by atoms with van der Waals surface area (Å²) >= 11 is 5.97. The van der Waals surface area contributed by atoms with E-state index in [0.717, 1.165) is 24.3 Å². The Morgan fingerprint density at radius 3 is 2.20 bits per heavy atom. The Bertz CT molecular complexity index is 762. The Kier molecular flexibility index (Phi) is 5.19. The molecule has 0 spiro atoms. The molecule has 0 radical (unpaired) electrons. The summed E-state index contributed by atoms with van der Waals surface area (Å²) in [7, 11) is 0. The highest BCUT2D eigenvalue weighted by Gasteiger charge is 2.22. The number of halogens is 1. The number of carbonyl (C=O) groups is 1. The number of benzene rings is 2. The molecule has 2 amide bonds. The molecule has 0 saturated carbocycles. The largest absolute Gasteiger partial charge is 0.368 e. The van der Waals surface area contributed by atoms with Crippen molar-refractivity contribution in [3.63, 3.8) is 0 Å². The van der Waals surface area contributed by atoms with Gasteiger partial charge in [0.05, 0.1) is 0 Å². The summed E-state index contributed by atoms with van der Waals surface area (Å²) in [5, 5.41) is 3.67. The van der Waals surface area contributed by atoms with Crippen LogP contribution in [0.15, 0.2) is 36.4 Å². The summed E-state index contributed by atoms with van der Waals surface area (Å²) in [5.74, 6) is 0. The van der Waals surface area contributed by atoms with E-state index in [1.165, 1.54) is 16.8 Å². The molecule has 1 aliphatic rings. The van der Waals surface area contributed by atoms with Gasteiger partial charge in [0.2, 0.25) is 0 Å². The van der Waals surface area contributed by atoms with E-state index in [1.807, 2.05) is 24.0 Å². The lowest BCUT2D eigenvalue weighted by atomic mass is 10.1. The predicted octanol–water partition coefficient (Wildman–Crippen LogP) is 4.62. The Hall–Kier alpha value is -2.20. The van der Waals surface area contributed by atoms with Gasteiger partial charge in [-0.05, 0) is 67.8 Å². The van der Waals surface area contributed by atoms with Crippen LogP contribution in [0.25, 0.3) is 0 Å². The highest BCUT2D eigenvalue weighted by molar-refractivity contribution is 6.30. The van der Waals surface area contributed by atoms with E-state index in [0.29, 0.717) is 18.1 Å². The third-order valence-electron chi connectivity index (χ3n) is 4.57. The van der Waals surface area contributed by atoms with Gasteiger partial charge >= 0.3 is 6.03 Å². The standard InChI is InChI=1S/C20H24ClN3O/c1-14-10-15(2)12-18(11-14)23-6-8-24(9-7-23)20(25)22-19-5-4-17(21)13-16(19)3/h4-5,10-13H,6-9H2,1-3H3,(H,22,25). The van der Waals surface area contributed by atoms with E-state index in [4.69, 9.17) is 11.6 Å².